The van der Waals surface area contributed by atoms with Gasteiger partial charge in [-0.15, -0.1) is 0 Å². The summed E-state index contributed by atoms with van der Waals surface area (Å²) in [6.45, 7) is 3.34. The number of nitrogens with zero attached hydrogens (tertiary/aromatic N) is 1. The van der Waals surface area contributed by atoms with E-state index in [1.165, 1.54) is 58.3 Å². The van der Waals surface area contributed by atoms with Crippen LogP contribution in [-0.4, -0.2) is 74.9 Å². The van der Waals surface area contributed by atoms with Gasteiger partial charge in [-0.05, 0) is 6.42 Å². The molecule has 0 aliphatic rings. The van der Waals surface area contributed by atoms with Gasteiger partial charge in [-0.2, -0.15) is 0 Å². The van der Waals surface area contributed by atoms with Crippen molar-refractivity contribution in [3.05, 3.63) is 0 Å². The molecule has 0 saturated carbocycles. The number of unbranched alkanes of at least 4 members (excludes halogenated alkanes) is 10. The number of carbonyl (C=O) groups is 2. The number of hydrogen-bond acceptors (Lipinski definition) is 7. The van der Waals surface area contributed by atoms with Crippen LogP contribution in [0.15, 0.2) is 0 Å². The third-order valence-corrected chi connectivity index (χ3v) is 6.18. The topological polar surface area (TPSA) is 108 Å². The van der Waals surface area contributed by atoms with Crippen LogP contribution in [0.25, 0.3) is 0 Å². The number of phosphoric ester groups is 1. The summed E-state index contributed by atoms with van der Waals surface area (Å²) in [5, 5.41) is 0. The molecule has 9 nitrogen and oxygen atoms in total. The van der Waals surface area contributed by atoms with E-state index in [-0.39, 0.29) is 19.6 Å². The van der Waals surface area contributed by atoms with Crippen molar-refractivity contribution in [3.8, 4) is 0 Å². The Bertz CT molecular complexity index is 594. The predicted molar refractivity (Wildman–Crippen MR) is 132 cm³/mol. The van der Waals surface area contributed by atoms with Gasteiger partial charge < -0.3 is 18.9 Å². The zero-order chi connectivity index (χ0) is 25.9. The van der Waals surface area contributed by atoms with E-state index in [0.29, 0.717) is 17.4 Å². The summed E-state index contributed by atoms with van der Waals surface area (Å²) in [6.07, 6.45) is 12.2. The van der Waals surface area contributed by atoms with Crippen LogP contribution in [0.2, 0.25) is 0 Å². The maximum Gasteiger partial charge on any atom is 0.472 e. The number of esters is 2. The van der Waals surface area contributed by atoms with Crippen LogP contribution in [0.1, 0.15) is 90.9 Å². The maximum atomic E-state index is 12.2. The lowest BCUT2D eigenvalue weighted by atomic mass is 10.1. The van der Waals surface area contributed by atoms with Crippen molar-refractivity contribution in [2.45, 2.75) is 97.0 Å². The second-order valence-corrected chi connectivity index (χ2v) is 11.3. The Morgan fingerprint density at radius 1 is 0.853 bits per heavy atom. The number of hydrogen-bond donors (Lipinski definition) is 1. The fourth-order valence-corrected chi connectivity index (χ4v) is 3.89. The molecule has 2 atom stereocenters. The Balaban J connectivity index is 4.17. The van der Waals surface area contributed by atoms with Gasteiger partial charge in [0.05, 0.1) is 27.7 Å². The lowest BCUT2D eigenvalue weighted by Gasteiger charge is -2.24. The fraction of sp³-hybridized carbons (Fsp3) is 0.917. The van der Waals surface area contributed by atoms with Crippen LogP contribution < -0.4 is 0 Å². The van der Waals surface area contributed by atoms with Crippen molar-refractivity contribution in [2.75, 3.05) is 47.5 Å². The summed E-state index contributed by atoms with van der Waals surface area (Å²) in [7, 11) is 1.47. The fourth-order valence-electron chi connectivity index (χ4n) is 3.15. The number of quaternary nitrogens is 1. The van der Waals surface area contributed by atoms with E-state index in [1.807, 2.05) is 21.1 Å². The molecule has 0 aromatic carbocycles. The minimum absolute atomic E-state index is 0.0323. The number of ether oxygens (including phenoxy) is 2. The van der Waals surface area contributed by atoms with Crippen molar-refractivity contribution >= 4 is 19.8 Å². The van der Waals surface area contributed by atoms with Gasteiger partial charge in [0.1, 0.15) is 19.8 Å². The van der Waals surface area contributed by atoms with E-state index in [1.54, 1.807) is 0 Å². The van der Waals surface area contributed by atoms with E-state index < -0.39 is 32.5 Å². The van der Waals surface area contributed by atoms with Crippen molar-refractivity contribution in [1.29, 1.82) is 0 Å². The first-order valence-electron chi connectivity index (χ1n) is 12.7. The first kappa shape index (κ1) is 33.0. The monoisotopic (exact) mass is 510 g/mol. The van der Waals surface area contributed by atoms with Gasteiger partial charge >= 0.3 is 19.8 Å². The van der Waals surface area contributed by atoms with Crippen molar-refractivity contribution in [2.24, 2.45) is 0 Å². The molecule has 0 aliphatic heterocycles. The quantitative estimate of drug-likeness (QED) is 0.0938. The molecule has 0 bridgehead atoms. The number of carbonyl (C=O) groups excluding carboxylic acids is 2. The minimum Gasteiger partial charge on any atom is -0.462 e. The molecule has 0 aromatic heterocycles. The van der Waals surface area contributed by atoms with Crippen molar-refractivity contribution in [1.82, 2.24) is 0 Å². The normalized spacial score (nSPS) is 14.4. The van der Waals surface area contributed by atoms with E-state index in [0.717, 1.165) is 12.8 Å². The van der Waals surface area contributed by atoms with Crippen LogP contribution in [0.3, 0.4) is 0 Å². The molecule has 202 valence electrons. The second-order valence-electron chi connectivity index (χ2n) is 9.81. The number of rotatable bonds is 22. The van der Waals surface area contributed by atoms with E-state index in [4.69, 9.17) is 18.5 Å². The third kappa shape index (κ3) is 22.8. The van der Waals surface area contributed by atoms with Crippen LogP contribution in [0.4, 0.5) is 0 Å². The molecule has 0 spiro atoms. The Morgan fingerprint density at radius 2 is 1.38 bits per heavy atom. The zero-order valence-electron chi connectivity index (χ0n) is 22.1. The molecule has 0 heterocycles. The minimum atomic E-state index is -4.31. The molecule has 0 radical (unpaired) electrons. The van der Waals surface area contributed by atoms with Gasteiger partial charge in [0.2, 0.25) is 0 Å². The van der Waals surface area contributed by atoms with Gasteiger partial charge in [-0.1, -0.05) is 71.1 Å². The molecule has 0 saturated heterocycles. The molecule has 34 heavy (non-hydrogen) atoms. The SMILES string of the molecule is CCCCCCCCCCCCCC(=O)O[C@H](COC(C)=O)COP(=O)(O)OCC[N+](C)(C)C. The molecule has 0 amide bonds. The number of phosphoric acid groups is 1. The smallest absolute Gasteiger partial charge is 0.462 e. The van der Waals surface area contributed by atoms with Crippen LogP contribution in [0.5, 0.6) is 0 Å². The Labute approximate surface area is 206 Å². The highest BCUT2D eigenvalue weighted by Gasteiger charge is 2.26. The Morgan fingerprint density at radius 3 is 1.88 bits per heavy atom. The molecule has 0 fully saturated rings. The van der Waals surface area contributed by atoms with Gasteiger partial charge in [0, 0.05) is 13.3 Å². The van der Waals surface area contributed by atoms with Gasteiger partial charge in [0.15, 0.2) is 6.10 Å². The molecule has 0 aliphatic carbocycles. The third-order valence-electron chi connectivity index (χ3n) is 5.20. The summed E-state index contributed by atoms with van der Waals surface area (Å²) >= 11 is 0. The lowest BCUT2D eigenvalue weighted by Crippen LogP contribution is -2.37. The van der Waals surface area contributed by atoms with E-state index >= 15 is 0 Å². The van der Waals surface area contributed by atoms with Gasteiger partial charge in [0.25, 0.3) is 0 Å². The molecular formula is C24H49NO8P+. The first-order valence-corrected chi connectivity index (χ1v) is 14.2. The molecule has 1 N–H and O–H groups in total. The summed E-state index contributed by atoms with van der Waals surface area (Å²) in [5.74, 6) is -0.992. The lowest BCUT2D eigenvalue weighted by molar-refractivity contribution is -0.870. The summed E-state index contributed by atoms with van der Waals surface area (Å²) in [5.41, 5.74) is 0. The maximum absolute atomic E-state index is 12.2. The highest BCUT2D eigenvalue weighted by atomic mass is 31.2. The standard InChI is InChI=1S/C24H48NO8P/c1-6-7-8-9-10-11-12-13-14-15-16-17-24(27)33-23(20-30-22(2)26)21-32-34(28,29)31-19-18-25(3,4)5/h23H,6-21H2,1-5H3/p+1/t23-/m1/s1. The van der Waals surface area contributed by atoms with Crippen molar-refractivity contribution < 1.29 is 42.1 Å². The zero-order valence-corrected chi connectivity index (χ0v) is 23.0. The molecule has 10 heteroatoms. The van der Waals surface area contributed by atoms with Gasteiger partial charge in [-0.25, -0.2) is 4.57 Å². The first-order chi connectivity index (χ1) is 15.9. The van der Waals surface area contributed by atoms with Crippen LogP contribution in [0, 0.1) is 0 Å². The van der Waals surface area contributed by atoms with Crippen LogP contribution >= 0.6 is 7.82 Å². The average molecular weight is 511 g/mol. The summed E-state index contributed by atoms with van der Waals surface area (Å²) < 4.78 is 32.8. The number of likely N-dealkylation sites (N-methyl/N-ethyl adjacent to an activating group) is 1. The molecule has 0 aromatic rings. The molecule has 1 unspecified atom stereocenters. The highest BCUT2D eigenvalue weighted by Crippen LogP contribution is 2.43. The average Bonchev–Trinajstić information content (AvgIpc) is 2.72. The Hall–Kier alpha value is -0.990. The molecule has 0 rings (SSSR count). The van der Waals surface area contributed by atoms with E-state index in [2.05, 4.69) is 6.92 Å². The predicted octanol–water partition coefficient (Wildman–Crippen LogP) is 5.00. The van der Waals surface area contributed by atoms with Crippen LogP contribution in [-0.2, 0) is 32.7 Å². The Kier molecular flexibility index (Phi) is 18.7. The summed E-state index contributed by atoms with van der Waals surface area (Å²) in [4.78, 5) is 33.1. The molecular weight excluding hydrogens is 461 g/mol. The van der Waals surface area contributed by atoms with Crippen molar-refractivity contribution in [3.63, 3.8) is 0 Å². The summed E-state index contributed by atoms with van der Waals surface area (Å²) in [6, 6.07) is 0. The highest BCUT2D eigenvalue weighted by molar-refractivity contribution is 7.47. The van der Waals surface area contributed by atoms with Gasteiger partial charge in [-0.3, -0.25) is 18.6 Å². The second kappa shape index (κ2) is 19.2. The largest absolute Gasteiger partial charge is 0.472 e. The van der Waals surface area contributed by atoms with E-state index in [9.17, 15) is 19.0 Å².